The lowest BCUT2D eigenvalue weighted by Crippen LogP contribution is -2.14. The molecule has 0 unspecified atom stereocenters. The summed E-state index contributed by atoms with van der Waals surface area (Å²) in [6.45, 7) is 1.93. The molecule has 0 atom stereocenters. The highest BCUT2D eigenvalue weighted by atomic mass is 16.5. The first kappa shape index (κ1) is 7.88. The Morgan fingerprint density at radius 3 is 2.62 bits per heavy atom. The molecule has 0 radical (unpaired) electrons. The molecule has 3 nitrogen and oxygen atoms in total. The maximum atomic E-state index is 4.99. The third-order valence-electron chi connectivity index (χ3n) is 0.678. The Bertz CT molecular complexity index is 35.4. The van der Waals surface area contributed by atoms with Gasteiger partial charge in [0.15, 0.2) is 0 Å². The van der Waals surface area contributed by atoms with Gasteiger partial charge in [-0.3, -0.25) is 5.32 Å². The lowest BCUT2D eigenvalue weighted by atomic mass is 10.8. The second kappa shape index (κ2) is 6.88. The van der Waals surface area contributed by atoms with E-state index in [1.165, 1.54) is 0 Å². The molecular formula is C5H13NO2. The summed E-state index contributed by atoms with van der Waals surface area (Å²) < 4.78 is 9.72. The Kier molecular flexibility index (Phi) is 6.78. The van der Waals surface area contributed by atoms with Crippen molar-refractivity contribution < 1.29 is 9.47 Å². The van der Waals surface area contributed by atoms with Gasteiger partial charge in [0.2, 0.25) is 0 Å². The van der Waals surface area contributed by atoms with Crippen LogP contribution in [0.25, 0.3) is 0 Å². The first-order valence-corrected chi connectivity index (χ1v) is 2.63. The zero-order chi connectivity index (χ0) is 6.24. The van der Waals surface area contributed by atoms with E-state index in [9.17, 15) is 0 Å². The lowest BCUT2D eigenvalue weighted by molar-refractivity contribution is 0.0638. The predicted octanol–water partition coefficient (Wildman–Crippen LogP) is -0.174. The largest absolute Gasteiger partial charge is 0.382 e. The van der Waals surface area contributed by atoms with Crippen molar-refractivity contribution in [2.24, 2.45) is 0 Å². The molecule has 0 aliphatic heterocycles. The molecule has 0 aromatic rings. The fraction of sp³-hybridized carbons (Fsp3) is 1.00. The van der Waals surface area contributed by atoms with E-state index in [4.69, 9.17) is 9.47 Å². The normalized spacial score (nSPS) is 9.75. The molecule has 0 spiro atoms. The summed E-state index contributed by atoms with van der Waals surface area (Å²) >= 11 is 0. The lowest BCUT2D eigenvalue weighted by Gasteiger charge is -1.99. The smallest absolute Gasteiger partial charge is 0.0963 e. The zero-order valence-electron chi connectivity index (χ0n) is 5.44. The van der Waals surface area contributed by atoms with Crippen LogP contribution in [0.4, 0.5) is 0 Å². The van der Waals surface area contributed by atoms with Gasteiger partial charge in [0, 0.05) is 7.11 Å². The molecule has 0 saturated carbocycles. The summed E-state index contributed by atoms with van der Waals surface area (Å²) in [5.74, 6) is 0. The predicted molar refractivity (Wildman–Crippen MR) is 31.8 cm³/mol. The fourth-order valence-corrected chi connectivity index (χ4v) is 0.316. The summed E-state index contributed by atoms with van der Waals surface area (Å²) in [5.41, 5.74) is 0. The number of ether oxygens (including phenoxy) is 2. The number of hydrogen-bond donors (Lipinski definition) is 1. The molecule has 0 bridgehead atoms. The van der Waals surface area contributed by atoms with E-state index in [1.807, 2.05) is 7.05 Å². The Hall–Kier alpha value is -0.120. The van der Waals surface area contributed by atoms with Gasteiger partial charge in [-0.25, -0.2) is 0 Å². The monoisotopic (exact) mass is 119 g/mol. The van der Waals surface area contributed by atoms with Crippen LogP contribution in [0.15, 0.2) is 0 Å². The molecule has 0 aromatic carbocycles. The van der Waals surface area contributed by atoms with E-state index >= 15 is 0 Å². The van der Waals surface area contributed by atoms with Crippen molar-refractivity contribution in [2.75, 3.05) is 34.1 Å². The van der Waals surface area contributed by atoms with Gasteiger partial charge in [0.1, 0.15) is 0 Å². The van der Waals surface area contributed by atoms with Gasteiger partial charge < -0.3 is 9.47 Å². The molecule has 1 N–H and O–H groups in total. The molecule has 0 saturated heterocycles. The van der Waals surface area contributed by atoms with Crippen molar-refractivity contribution >= 4 is 0 Å². The van der Waals surface area contributed by atoms with Gasteiger partial charge in [0.25, 0.3) is 0 Å². The van der Waals surface area contributed by atoms with Gasteiger partial charge >= 0.3 is 0 Å². The molecule has 0 aliphatic rings. The van der Waals surface area contributed by atoms with Gasteiger partial charge in [-0.05, 0) is 7.05 Å². The minimum atomic E-state index is 0.601. The first-order chi connectivity index (χ1) is 3.91. The van der Waals surface area contributed by atoms with Crippen LogP contribution in [0, 0.1) is 0 Å². The number of methoxy groups -OCH3 is 1. The molecule has 3 heteroatoms. The van der Waals surface area contributed by atoms with Crippen LogP contribution in [-0.2, 0) is 9.47 Å². The minimum Gasteiger partial charge on any atom is -0.382 e. The van der Waals surface area contributed by atoms with Crippen LogP contribution in [0.2, 0.25) is 0 Å². The number of hydrogen-bond acceptors (Lipinski definition) is 3. The molecular weight excluding hydrogens is 106 g/mol. The SMILES string of the molecule is CNCOCCOC. The van der Waals surface area contributed by atoms with Crippen LogP contribution >= 0.6 is 0 Å². The van der Waals surface area contributed by atoms with Crippen LogP contribution in [0.1, 0.15) is 0 Å². The Balaban J connectivity index is 2.53. The van der Waals surface area contributed by atoms with E-state index in [1.54, 1.807) is 7.11 Å². The Labute approximate surface area is 50.0 Å². The van der Waals surface area contributed by atoms with Crippen molar-refractivity contribution in [2.45, 2.75) is 0 Å². The minimum absolute atomic E-state index is 0.601. The summed E-state index contributed by atoms with van der Waals surface area (Å²) in [5, 5.41) is 2.85. The molecule has 50 valence electrons. The Morgan fingerprint density at radius 2 is 2.12 bits per heavy atom. The highest BCUT2D eigenvalue weighted by Gasteiger charge is 1.80. The van der Waals surface area contributed by atoms with Crippen molar-refractivity contribution in [1.82, 2.24) is 5.32 Å². The highest BCUT2D eigenvalue weighted by Crippen LogP contribution is 1.70. The van der Waals surface area contributed by atoms with E-state index in [-0.39, 0.29) is 0 Å². The number of rotatable bonds is 5. The van der Waals surface area contributed by atoms with Crippen molar-refractivity contribution in [3.8, 4) is 0 Å². The molecule has 0 heterocycles. The third kappa shape index (κ3) is 5.88. The summed E-state index contributed by atoms with van der Waals surface area (Å²) in [7, 11) is 3.50. The van der Waals surface area contributed by atoms with Crippen LogP contribution < -0.4 is 5.32 Å². The summed E-state index contributed by atoms with van der Waals surface area (Å²) in [4.78, 5) is 0. The topological polar surface area (TPSA) is 30.5 Å². The second-order valence-corrected chi connectivity index (χ2v) is 1.40. The fourth-order valence-electron chi connectivity index (χ4n) is 0.316. The molecule has 0 aromatic heterocycles. The average Bonchev–Trinajstić information content (AvgIpc) is 1.81. The highest BCUT2D eigenvalue weighted by molar-refractivity contribution is 4.24. The van der Waals surface area contributed by atoms with Crippen molar-refractivity contribution in [1.29, 1.82) is 0 Å². The standard InChI is InChI=1S/C5H13NO2/c1-6-5-8-4-3-7-2/h6H,3-5H2,1-2H3. The summed E-state index contributed by atoms with van der Waals surface area (Å²) in [6.07, 6.45) is 0. The maximum absolute atomic E-state index is 4.99. The number of nitrogens with one attached hydrogen (secondary N) is 1. The second-order valence-electron chi connectivity index (χ2n) is 1.40. The van der Waals surface area contributed by atoms with Gasteiger partial charge in [-0.2, -0.15) is 0 Å². The van der Waals surface area contributed by atoms with E-state index in [2.05, 4.69) is 5.32 Å². The molecule has 0 rings (SSSR count). The van der Waals surface area contributed by atoms with Gasteiger partial charge in [0.05, 0.1) is 19.9 Å². The molecule has 0 aliphatic carbocycles. The molecule has 0 amide bonds. The maximum Gasteiger partial charge on any atom is 0.0963 e. The van der Waals surface area contributed by atoms with Gasteiger partial charge in [-0.15, -0.1) is 0 Å². The van der Waals surface area contributed by atoms with Crippen LogP contribution in [0.5, 0.6) is 0 Å². The molecule has 8 heavy (non-hydrogen) atoms. The molecule has 0 fully saturated rings. The van der Waals surface area contributed by atoms with E-state index < -0.39 is 0 Å². The van der Waals surface area contributed by atoms with Crippen LogP contribution in [0.3, 0.4) is 0 Å². The van der Waals surface area contributed by atoms with E-state index in [0.29, 0.717) is 19.9 Å². The summed E-state index contributed by atoms with van der Waals surface area (Å²) in [6, 6.07) is 0. The zero-order valence-corrected chi connectivity index (χ0v) is 5.44. The average molecular weight is 119 g/mol. The first-order valence-electron chi connectivity index (χ1n) is 2.63. The van der Waals surface area contributed by atoms with Crippen molar-refractivity contribution in [3.05, 3.63) is 0 Å². The van der Waals surface area contributed by atoms with E-state index in [0.717, 1.165) is 0 Å². The van der Waals surface area contributed by atoms with Crippen LogP contribution in [-0.4, -0.2) is 34.1 Å². The Morgan fingerprint density at radius 1 is 1.38 bits per heavy atom. The quantitative estimate of drug-likeness (QED) is 0.402. The van der Waals surface area contributed by atoms with Crippen molar-refractivity contribution in [3.63, 3.8) is 0 Å². The van der Waals surface area contributed by atoms with Gasteiger partial charge in [-0.1, -0.05) is 0 Å². The third-order valence-corrected chi connectivity index (χ3v) is 0.678.